The van der Waals surface area contributed by atoms with Crippen molar-refractivity contribution in [2.75, 3.05) is 31.2 Å². The Morgan fingerprint density at radius 2 is 1.83 bits per heavy atom. The van der Waals surface area contributed by atoms with Crippen molar-refractivity contribution in [3.8, 4) is 17.2 Å². The molecule has 10 atom stereocenters. The Morgan fingerprint density at radius 3 is 2.59 bits per heavy atom. The van der Waals surface area contributed by atoms with Crippen LogP contribution in [-0.4, -0.2) is 122 Å². The molecule has 17 nitrogen and oxygen atoms in total. The topological polar surface area (TPSA) is 256 Å². The van der Waals surface area contributed by atoms with Gasteiger partial charge in [-0.1, -0.05) is 44.4 Å². The van der Waals surface area contributed by atoms with Crippen molar-refractivity contribution in [3.05, 3.63) is 105 Å². The summed E-state index contributed by atoms with van der Waals surface area (Å²) >= 11 is 0. The lowest BCUT2D eigenvalue weighted by Gasteiger charge is -2.52. The lowest BCUT2D eigenvalue weighted by atomic mass is 9.66. The standard InChI is InChI=1S/C54H64N4O13/c1-3-42-38-15-16-55-41(38)26-58(42)48-50-32(18-40-44(62)17-29(2)69-51(40)48)19-46(54(70-50)23-30(33-20-47(64)57-24-33)9-11-34(54)25-56-35-7-5-4-6-8-35)71-68-28-53(67,52(66)49(65)45(63)27-59)22-31-10-14-43(61)37-13-12-36(60)21-39(31)37/h9-18,21,26,30,33-35,42,45-46,49,52,56,59-61,63,65-67H,3-8,19-20,22-25,27-28H2,1-2H3,(H,57,64). The van der Waals surface area contributed by atoms with Gasteiger partial charge in [0.15, 0.2) is 16.8 Å². The molecule has 3 aromatic carbocycles. The van der Waals surface area contributed by atoms with Crippen LogP contribution in [0.15, 0.2) is 92.4 Å². The van der Waals surface area contributed by atoms with Gasteiger partial charge < -0.3 is 60.4 Å². The fraction of sp³-hybridized carbons (Fsp3) is 0.500. The van der Waals surface area contributed by atoms with E-state index in [0.29, 0.717) is 82.4 Å². The molecule has 10 rings (SSSR count). The number of aryl methyl sites for hydroxylation is 1. The monoisotopic (exact) mass is 976 g/mol. The number of nitrogens with one attached hydrogen (secondary N) is 2. The molecule has 6 aliphatic rings. The second-order valence-electron chi connectivity index (χ2n) is 20.5. The molecule has 1 saturated carbocycles. The first-order chi connectivity index (χ1) is 34.2. The Balaban J connectivity index is 1.09. The number of anilines is 1. The number of aliphatic imine (C=N–C) groups is 1. The van der Waals surface area contributed by atoms with Gasteiger partial charge in [0.1, 0.15) is 65.2 Å². The normalized spacial score (nSPS) is 27.3. The van der Waals surface area contributed by atoms with E-state index in [9.17, 15) is 45.3 Å². The summed E-state index contributed by atoms with van der Waals surface area (Å²) in [4.78, 5) is 46.3. The van der Waals surface area contributed by atoms with Gasteiger partial charge in [0.2, 0.25) is 5.91 Å². The van der Waals surface area contributed by atoms with Gasteiger partial charge in [0.25, 0.3) is 0 Å². The van der Waals surface area contributed by atoms with Crippen LogP contribution in [-0.2, 0) is 27.4 Å². The Kier molecular flexibility index (Phi) is 13.6. The minimum Gasteiger partial charge on any atom is -0.508 e. The Bertz CT molecular complexity index is 2870. The number of aliphatic hydroxyl groups excluding tert-OH is 4. The number of benzene rings is 3. The zero-order valence-electron chi connectivity index (χ0n) is 40.0. The number of aromatic hydroxyl groups is 2. The first-order valence-electron chi connectivity index (χ1n) is 25.0. The summed E-state index contributed by atoms with van der Waals surface area (Å²) in [5, 5.41) is 84.8. The lowest BCUT2D eigenvalue weighted by Crippen LogP contribution is -2.62. The second-order valence-corrected chi connectivity index (χ2v) is 20.5. The molecule has 0 bridgehead atoms. The zero-order chi connectivity index (χ0) is 49.8. The number of phenolic OH excluding ortho intramolecular Hbond substituents is 2. The molecule has 0 radical (unpaired) electrons. The highest BCUT2D eigenvalue weighted by molar-refractivity contribution is 5.97. The van der Waals surface area contributed by atoms with E-state index in [1.807, 2.05) is 12.3 Å². The zero-order valence-corrected chi connectivity index (χ0v) is 40.0. The van der Waals surface area contributed by atoms with E-state index < -0.39 is 55.3 Å². The summed E-state index contributed by atoms with van der Waals surface area (Å²) in [6, 6.07) is 10.5. The number of hydrogen-bond donors (Lipinski definition) is 9. The number of aliphatic hydroxyl groups is 5. The first-order valence-corrected chi connectivity index (χ1v) is 25.0. The highest BCUT2D eigenvalue weighted by atomic mass is 17.2. The third kappa shape index (κ3) is 9.16. The van der Waals surface area contributed by atoms with Crippen LogP contribution in [0, 0.1) is 24.7 Å². The average molecular weight is 977 g/mol. The van der Waals surface area contributed by atoms with E-state index in [4.69, 9.17) is 18.9 Å². The third-order valence-electron chi connectivity index (χ3n) is 15.9. The predicted octanol–water partition coefficient (Wildman–Crippen LogP) is 4.41. The molecule has 9 N–H and O–H groups in total. The summed E-state index contributed by atoms with van der Waals surface area (Å²) in [7, 11) is 0. The van der Waals surface area contributed by atoms with Crippen LogP contribution in [0.3, 0.4) is 0 Å². The maximum absolute atomic E-state index is 14.0. The SMILES string of the molecule is CCC1C2=CC=NC2=CN1c1c2c(cc3c(=O)cc(C)oc13)CC(OOCC(O)(Cc1ccc(O)c3ccc(O)cc13)C(O)C(O)C(O)CO)C1(CC(C3CNC(=O)C3)C=CC1CNC1CCCCC1)O2. The molecule has 4 aromatic rings. The molecule has 1 saturated heterocycles. The molecule has 2 aliphatic carbocycles. The average Bonchev–Trinajstić information content (AvgIpc) is 4.10. The largest absolute Gasteiger partial charge is 0.508 e. The summed E-state index contributed by atoms with van der Waals surface area (Å²) in [6.45, 7) is 3.07. The van der Waals surface area contributed by atoms with Crippen molar-refractivity contribution >= 4 is 39.6 Å². The molecule has 5 heterocycles. The van der Waals surface area contributed by atoms with Crippen LogP contribution in [0.5, 0.6) is 17.2 Å². The van der Waals surface area contributed by atoms with Gasteiger partial charge in [-0.25, -0.2) is 9.78 Å². The minimum atomic E-state index is -2.44. The summed E-state index contributed by atoms with van der Waals surface area (Å²) in [5.74, 6) is 0.0657. The molecule has 378 valence electrons. The summed E-state index contributed by atoms with van der Waals surface area (Å²) in [5.41, 5.74) is -0.195. The van der Waals surface area contributed by atoms with E-state index >= 15 is 0 Å². The Morgan fingerprint density at radius 1 is 1.01 bits per heavy atom. The van der Waals surface area contributed by atoms with Crippen LogP contribution >= 0.6 is 0 Å². The summed E-state index contributed by atoms with van der Waals surface area (Å²) < 4.78 is 14.2. The predicted molar refractivity (Wildman–Crippen MR) is 264 cm³/mol. The molecule has 71 heavy (non-hydrogen) atoms. The Hall–Kier alpha value is -5.63. The summed E-state index contributed by atoms with van der Waals surface area (Å²) in [6.07, 6.45) is 9.59. The van der Waals surface area contributed by atoms with E-state index in [2.05, 4.69) is 39.6 Å². The van der Waals surface area contributed by atoms with Gasteiger partial charge in [-0.15, -0.1) is 0 Å². The molecule has 1 spiro atoms. The first kappa shape index (κ1) is 49.0. The number of allylic oxidation sites excluding steroid dienone is 2. The highest BCUT2D eigenvalue weighted by Gasteiger charge is 2.57. The quantitative estimate of drug-likeness (QED) is 0.0429. The third-order valence-corrected chi connectivity index (χ3v) is 15.9. The molecule has 17 heteroatoms. The number of hydrogen-bond acceptors (Lipinski definition) is 16. The number of carbonyl (C=O) groups excluding carboxylic acids is 1. The van der Waals surface area contributed by atoms with Gasteiger partial charge in [-0.05, 0) is 91.8 Å². The van der Waals surface area contributed by atoms with Crippen molar-refractivity contribution < 1.29 is 59.5 Å². The molecular weight excluding hydrogens is 913 g/mol. The van der Waals surface area contributed by atoms with Gasteiger partial charge in [0.05, 0.1) is 23.7 Å². The number of carbonyl (C=O) groups is 1. The minimum absolute atomic E-state index is 0.0399. The van der Waals surface area contributed by atoms with Crippen LogP contribution in [0.2, 0.25) is 0 Å². The van der Waals surface area contributed by atoms with Crippen molar-refractivity contribution in [2.45, 2.75) is 126 Å². The second kappa shape index (κ2) is 19.8. The Labute approximate surface area is 410 Å². The van der Waals surface area contributed by atoms with E-state index in [0.717, 1.165) is 37.0 Å². The van der Waals surface area contributed by atoms with Gasteiger partial charge in [0, 0.05) is 79.3 Å². The van der Waals surface area contributed by atoms with Gasteiger partial charge >= 0.3 is 0 Å². The van der Waals surface area contributed by atoms with Crippen molar-refractivity contribution in [1.29, 1.82) is 0 Å². The fourth-order valence-corrected chi connectivity index (χ4v) is 12.0. The van der Waals surface area contributed by atoms with Crippen molar-refractivity contribution in [1.82, 2.24) is 10.6 Å². The number of rotatable bonds is 16. The van der Waals surface area contributed by atoms with Gasteiger partial charge in [-0.2, -0.15) is 0 Å². The highest BCUT2D eigenvalue weighted by Crippen LogP contribution is 2.54. The van der Waals surface area contributed by atoms with Crippen molar-refractivity contribution in [2.24, 2.45) is 22.7 Å². The molecule has 10 unspecified atom stereocenters. The number of fused-ring (bicyclic) bond motifs is 4. The molecule has 2 fully saturated rings. The van der Waals surface area contributed by atoms with Crippen LogP contribution < -0.4 is 25.7 Å². The van der Waals surface area contributed by atoms with Crippen LogP contribution in [0.4, 0.5) is 5.69 Å². The van der Waals surface area contributed by atoms with Crippen LogP contribution in [0.1, 0.15) is 75.2 Å². The molecule has 1 amide bonds. The maximum atomic E-state index is 14.0. The number of nitrogens with zero attached hydrogens (tertiary/aromatic N) is 2. The smallest absolute Gasteiger partial charge is 0.220 e. The fourth-order valence-electron chi connectivity index (χ4n) is 12.0. The number of amides is 1. The van der Waals surface area contributed by atoms with E-state index in [1.54, 1.807) is 19.2 Å². The number of ether oxygens (including phenoxy) is 1. The van der Waals surface area contributed by atoms with E-state index in [1.165, 1.54) is 42.8 Å². The molecule has 1 aromatic heterocycles. The number of phenols is 2. The lowest BCUT2D eigenvalue weighted by molar-refractivity contribution is -0.376. The van der Waals surface area contributed by atoms with Gasteiger partial charge in [-0.3, -0.25) is 14.6 Å². The molecular formula is C54H64N4O13. The van der Waals surface area contributed by atoms with E-state index in [-0.39, 0.29) is 59.1 Å². The van der Waals surface area contributed by atoms with Crippen LogP contribution in [0.25, 0.3) is 21.7 Å². The maximum Gasteiger partial charge on any atom is 0.220 e. The van der Waals surface area contributed by atoms with Crippen molar-refractivity contribution in [3.63, 3.8) is 0 Å². The molecule has 4 aliphatic heterocycles.